The van der Waals surface area contributed by atoms with Crippen LogP contribution in [0.25, 0.3) is 11.4 Å². The fourth-order valence-electron chi connectivity index (χ4n) is 2.61. The molecule has 3 rings (SSSR count). The summed E-state index contributed by atoms with van der Waals surface area (Å²) >= 11 is 5.87. The van der Waals surface area contributed by atoms with Crippen molar-refractivity contribution in [1.82, 2.24) is 10.1 Å². The van der Waals surface area contributed by atoms with Gasteiger partial charge in [0, 0.05) is 29.1 Å². The van der Waals surface area contributed by atoms with Crippen LogP contribution in [0.3, 0.4) is 0 Å². The quantitative estimate of drug-likeness (QED) is 0.572. The van der Waals surface area contributed by atoms with Crippen LogP contribution in [0, 0.1) is 0 Å². The highest BCUT2D eigenvalue weighted by Gasteiger charge is 2.12. The molecule has 3 aromatic rings. The second-order valence-corrected chi connectivity index (χ2v) is 9.06. The third kappa shape index (κ3) is 5.65. The van der Waals surface area contributed by atoms with E-state index < -0.39 is 9.84 Å². The second kappa shape index (κ2) is 9.19. The number of hydrogen-bond donors (Lipinski definition) is 1. The summed E-state index contributed by atoms with van der Waals surface area (Å²) in [4.78, 5) is 16.7. The van der Waals surface area contributed by atoms with Crippen molar-refractivity contribution in [3.63, 3.8) is 0 Å². The zero-order valence-corrected chi connectivity index (χ0v) is 17.3. The van der Waals surface area contributed by atoms with Gasteiger partial charge in [-0.25, -0.2) is 8.42 Å². The Balaban J connectivity index is 1.48. The number of hydrogen-bond acceptors (Lipinski definition) is 6. The lowest BCUT2D eigenvalue weighted by Gasteiger charge is -2.06. The van der Waals surface area contributed by atoms with Gasteiger partial charge in [0.1, 0.15) is 0 Å². The Labute approximate surface area is 174 Å². The standard InChI is InChI=1S/C20H20ClN3O4S/c1-2-29(26,27)17-12-10-16(11-13-17)22-18(25)4-3-5-19-23-20(24-28-19)14-6-8-15(21)9-7-14/h6-13H,2-5H2,1H3,(H,22,25). The van der Waals surface area contributed by atoms with Crippen LogP contribution in [0.4, 0.5) is 5.69 Å². The number of halogens is 1. The average Bonchev–Trinajstić information content (AvgIpc) is 3.18. The first-order valence-electron chi connectivity index (χ1n) is 9.08. The van der Waals surface area contributed by atoms with Crippen molar-refractivity contribution in [2.45, 2.75) is 31.1 Å². The number of rotatable bonds is 8. The number of carbonyl (C=O) groups excluding carboxylic acids is 1. The van der Waals surface area contributed by atoms with Gasteiger partial charge < -0.3 is 9.84 Å². The lowest BCUT2D eigenvalue weighted by atomic mass is 10.2. The molecule has 0 aliphatic heterocycles. The van der Waals surface area contributed by atoms with Crippen LogP contribution in [-0.4, -0.2) is 30.2 Å². The molecular formula is C20H20ClN3O4S. The van der Waals surface area contributed by atoms with Gasteiger partial charge in [0.15, 0.2) is 9.84 Å². The molecule has 7 nitrogen and oxygen atoms in total. The Kier molecular flexibility index (Phi) is 6.66. The van der Waals surface area contributed by atoms with Crippen LogP contribution in [0.5, 0.6) is 0 Å². The van der Waals surface area contributed by atoms with Crippen molar-refractivity contribution in [2.75, 3.05) is 11.1 Å². The Hall–Kier alpha value is -2.71. The highest BCUT2D eigenvalue weighted by molar-refractivity contribution is 7.91. The van der Waals surface area contributed by atoms with Gasteiger partial charge in [0.05, 0.1) is 10.6 Å². The van der Waals surface area contributed by atoms with Crippen LogP contribution in [0.1, 0.15) is 25.7 Å². The summed E-state index contributed by atoms with van der Waals surface area (Å²) in [5.41, 5.74) is 1.35. The molecule has 2 aromatic carbocycles. The lowest BCUT2D eigenvalue weighted by Crippen LogP contribution is -2.12. The van der Waals surface area contributed by atoms with Crippen LogP contribution in [0.15, 0.2) is 57.9 Å². The molecule has 0 fully saturated rings. The predicted octanol–water partition coefficient (Wildman–Crippen LogP) is 4.15. The minimum Gasteiger partial charge on any atom is -0.339 e. The molecule has 0 saturated carbocycles. The van der Waals surface area contributed by atoms with Gasteiger partial charge in [-0.1, -0.05) is 23.7 Å². The van der Waals surface area contributed by atoms with Crippen molar-refractivity contribution in [1.29, 1.82) is 0 Å². The fraction of sp³-hybridized carbons (Fsp3) is 0.250. The molecule has 0 saturated heterocycles. The Morgan fingerprint density at radius 1 is 1.10 bits per heavy atom. The molecule has 0 bridgehead atoms. The van der Waals surface area contributed by atoms with E-state index in [1.165, 1.54) is 12.1 Å². The van der Waals surface area contributed by atoms with Gasteiger partial charge >= 0.3 is 0 Å². The molecule has 9 heteroatoms. The first-order chi connectivity index (χ1) is 13.9. The van der Waals surface area contributed by atoms with E-state index in [-0.39, 0.29) is 23.0 Å². The molecule has 0 aliphatic carbocycles. The summed E-state index contributed by atoms with van der Waals surface area (Å²) in [5, 5.41) is 7.32. The van der Waals surface area contributed by atoms with Gasteiger partial charge in [-0.3, -0.25) is 4.79 Å². The SMILES string of the molecule is CCS(=O)(=O)c1ccc(NC(=O)CCCc2nc(-c3ccc(Cl)cc3)no2)cc1. The Bertz CT molecular complexity index is 1080. The topological polar surface area (TPSA) is 102 Å². The number of aryl methyl sites for hydroxylation is 1. The van der Waals surface area contributed by atoms with Crippen LogP contribution in [-0.2, 0) is 21.1 Å². The minimum atomic E-state index is -3.25. The third-order valence-electron chi connectivity index (χ3n) is 4.24. The van der Waals surface area contributed by atoms with Crippen molar-refractivity contribution < 1.29 is 17.7 Å². The normalized spacial score (nSPS) is 11.4. The molecule has 152 valence electrons. The van der Waals surface area contributed by atoms with Crippen molar-refractivity contribution >= 4 is 33.0 Å². The maximum atomic E-state index is 12.1. The number of benzene rings is 2. The van der Waals surface area contributed by atoms with Gasteiger partial charge in [0.2, 0.25) is 17.6 Å². The summed E-state index contributed by atoms with van der Waals surface area (Å²) in [7, 11) is -3.25. The monoisotopic (exact) mass is 433 g/mol. The lowest BCUT2D eigenvalue weighted by molar-refractivity contribution is -0.116. The van der Waals surface area contributed by atoms with E-state index in [2.05, 4.69) is 15.5 Å². The van der Waals surface area contributed by atoms with E-state index in [0.29, 0.717) is 35.3 Å². The Morgan fingerprint density at radius 3 is 2.45 bits per heavy atom. The number of sulfone groups is 1. The van der Waals surface area contributed by atoms with Gasteiger partial charge in [-0.15, -0.1) is 0 Å². The summed E-state index contributed by atoms with van der Waals surface area (Å²) in [5.74, 6) is 0.794. The first-order valence-corrected chi connectivity index (χ1v) is 11.1. The van der Waals surface area contributed by atoms with E-state index in [1.54, 1.807) is 43.3 Å². The zero-order valence-electron chi connectivity index (χ0n) is 15.8. The average molecular weight is 434 g/mol. The van der Waals surface area contributed by atoms with Crippen LogP contribution < -0.4 is 5.32 Å². The molecule has 0 unspecified atom stereocenters. The summed E-state index contributed by atoms with van der Waals surface area (Å²) in [6.07, 6.45) is 1.28. The molecule has 0 radical (unpaired) electrons. The van der Waals surface area contributed by atoms with Crippen molar-refractivity contribution in [3.8, 4) is 11.4 Å². The molecule has 1 aromatic heterocycles. The summed E-state index contributed by atoms with van der Waals surface area (Å²) < 4.78 is 28.8. The van der Waals surface area contributed by atoms with Gasteiger partial charge in [-0.05, 0) is 55.0 Å². The maximum absolute atomic E-state index is 12.1. The molecule has 29 heavy (non-hydrogen) atoms. The van der Waals surface area contributed by atoms with Crippen molar-refractivity contribution in [2.24, 2.45) is 0 Å². The molecule has 1 heterocycles. The molecule has 1 N–H and O–H groups in total. The predicted molar refractivity (Wildman–Crippen MR) is 110 cm³/mol. The van der Waals surface area contributed by atoms with E-state index in [4.69, 9.17) is 16.1 Å². The zero-order chi connectivity index (χ0) is 20.9. The minimum absolute atomic E-state index is 0.0358. The van der Waals surface area contributed by atoms with Crippen LogP contribution in [0.2, 0.25) is 5.02 Å². The largest absolute Gasteiger partial charge is 0.339 e. The van der Waals surface area contributed by atoms with E-state index >= 15 is 0 Å². The molecule has 1 amide bonds. The Morgan fingerprint density at radius 2 is 1.79 bits per heavy atom. The fourth-order valence-corrected chi connectivity index (χ4v) is 3.62. The van der Waals surface area contributed by atoms with E-state index in [1.807, 2.05) is 0 Å². The summed E-state index contributed by atoms with van der Waals surface area (Å²) in [6.45, 7) is 1.59. The molecule has 0 atom stereocenters. The van der Waals surface area contributed by atoms with Crippen molar-refractivity contribution in [3.05, 3.63) is 59.4 Å². The number of aromatic nitrogens is 2. The third-order valence-corrected chi connectivity index (χ3v) is 6.24. The number of anilines is 1. The number of carbonyl (C=O) groups is 1. The smallest absolute Gasteiger partial charge is 0.226 e. The first kappa shape index (κ1) is 21.0. The van der Waals surface area contributed by atoms with Gasteiger partial charge in [-0.2, -0.15) is 4.98 Å². The van der Waals surface area contributed by atoms with Gasteiger partial charge in [0.25, 0.3) is 0 Å². The van der Waals surface area contributed by atoms with E-state index in [9.17, 15) is 13.2 Å². The highest BCUT2D eigenvalue weighted by atomic mass is 35.5. The number of nitrogens with zero attached hydrogens (tertiary/aromatic N) is 2. The van der Waals surface area contributed by atoms with E-state index in [0.717, 1.165) is 5.56 Å². The molecule has 0 spiro atoms. The second-order valence-electron chi connectivity index (χ2n) is 6.35. The van der Waals surface area contributed by atoms with Crippen LogP contribution >= 0.6 is 11.6 Å². The number of nitrogens with one attached hydrogen (secondary N) is 1. The highest BCUT2D eigenvalue weighted by Crippen LogP contribution is 2.19. The molecule has 0 aliphatic rings. The number of amides is 1. The molecular weight excluding hydrogens is 414 g/mol. The summed E-state index contributed by atoms with van der Waals surface area (Å²) in [6, 6.07) is 13.3. The maximum Gasteiger partial charge on any atom is 0.226 e.